The first-order chi connectivity index (χ1) is 14.8. The van der Waals surface area contributed by atoms with E-state index in [4.69, 9.17) is 9.47 Å². The highest BCUT2D eigenvalue weighted by atomic mass is 16.5. The highest BCUT2D eigenvalue weighted by Gasteiger charge is 2.18. The Morgan fingerprint density at radius 1 is 1.00 bits per heavy atom. The summed E-state index contributed by atoms with van der Waals surface area (Å²) in [6.45, 7) is 7.41. The van der Waals surface area contributed by atoms with Crippen molar-refractivity contribution in [2.75, 3.05) is 18.5 Å². The zero-order chi connectivity index (χ0) is 22.8. The smallest absolute Gasteiger partial charge is 0.306 e. The molecular weight excluding hydrogens is 396 g/mol. The molecule has 1 atom stereocenters. The second-order valence-corrected chi connectivity index (χ2v) is 7.43. The van der Waals surface area contributed by atoms with Gasteiger partial charge in [-0.3, -0.25) is 14.4 Å². The molecule has 2 N–H and O–H groups in total. The fourth-order valence-electron chi connectivity index (χ4n) is 2.93. The predicted octanol–water partition coefficient (Wildman–Crippen LogP) is 3.46. The Balaban J connectivity index is 1.66. The number of hydrogen-bond acceptors (Lipinski definition) is 5. The quantitative estimate of drug-likeness (QED) is 0.448. The minimum absolute atomic E-state index is 0.135. The lowest BCUT2D eigenvalue weighted by Gasteiger charge is -2.15. The zero-order valence-corrected chi connectivity index (χ0v) is 18.5. The molecule has 0 aliphatic heterocycles. The van der Waals surface area contributed by atoms with Crippen molar-refractivity contribution in [2.45, 2.75) is 46.6 Å². The van der Waals surface area contributed by atoms with Crippen molar-refractivity contribution < 1.29 is 23.9 Å². The lowest BCUT2D eigenvalue weighted by Crippen LogP contribution is -2.40. The van der Waals surface area contributed by atoms with Crippen molar-refractivity contribution in [3.63, 3.8) is 0 Å². The number of aryl methyl sites for hydroxylation is 3. The van der Waals surface area contributed by atoms with E-state index >= 15 is 0 Å². The number of carbonyl (C=O) groups is 3. The van der Waals surface area contributed by atoms with Gasteiger partial charge in [0.25, 0.3) is 5.91 Å². The van der Waals surface area contributed by atoms with E-state index in [0.29, 0.717) is 13.0 Å². The van der Waals surface area contributed by atoms with Gasteiger partial charge >= 0.3 is 5.97 Å². The third-order valence-electron chi connectivity index (χ3n) is 4.63. The first-order valence-corrected chi connectivity index (χ1v) is 10.3. The Kier molecular flexibility index (Phi) is 9.06. The van der Waals surface area contributed by atoms with Crippen LogP contribution in [0.2, 0.25) is 0 Å². The number of nitrogens with one attached hydrogen (secondary N) is 2. The second-order valence-electron chi connectivity index (χ2n) is 7.43. The first-order valence-electron chi connectivity index (χ1n) is 10.3. The molecule has 2 rings (SSSR count). The Labute approximate surface area is 183 Å². The van der Waals surface area contributed by atoms with Gasteiger partial charge in [-0.1, -0.05) is 30.3 Å². The van der Waals surface area contributed by atoms with Crippen molar-refractivity contribution in [2.24, 2.45) is 0 Å². The van der Waals surface area contributed by atoms with Crippen LogP contribution in [0.15, 0.2) is 42.5 Å². The van der Waals surface area contributed by atoms with E-state index in [1.54, 1.807) is 0 Å². The van der Waals surface area contributed by atoms with Crippen LogP contribution >= 0.6 is 0 Å². The number of benzene rings is 2. The van der Waals surface area contributed by atoms with Gasteiger partial charge in [-0.15, -0.1) is 0 Å². The molecule has 0 spiro atoms. The van der Waals surface area contributed by atoms with E-state index in [1.165, 1.54) is 6.92 Å². The van der Waals surface area contributed by atoms with Crippen molar-refractivity contribution in [3.05, 3.63) is 59.2 Å². The van der Waals surface area contributed by atoms with E-state index in [2.05, 4.69) is 10.6 Å². The molecular formula is C24H30N2O5. The fraction of sp³-hybridized carbons (Fsp3) is 0.375. The molecule has 0 saturated carbocycles. The van der Waals surface area contributed by atoms with Crippen LogP contribution in [0, 0.1) is 20.8 Å². The Hall–Kier alpha value is -3.35. The summed E-state index contributed by atoms with van der Waals surface area (Å²) in [5, 5.41) is 5.28. The summed E-state index contributed by atoms with van der Waals surface area (Å²) < 4.78 is 10.7. The maximum absolute atomic E-state index is 12.1. The number of amides is 2. The van der Waals surface area contributed by atoms with Crippen molar-refractivity contribution in [1.82, 2.24) is 5.32 Å². The topological polar surface area (TPSA) is 93.7 Å². The van der Waals surface area contributed by atoms with E-state index in [9.17, 15) is 14.4 Å². The largest absolute Gasteiger partial charge is 0.494 e. The lowest BCUT2D eigenvalue weighted by molar-refractivity contribution is -0.155. The summed E-state index contributed by atoms with van der Waals surface area (Å²) in [6, 6.07) is 13.4. The van der Waals surface area contributed by atoms with Gasteiger partial charge in [0.1, 0.15) is 5.75 Å². The molecule has 0 aromatic heterocycles. The van der Waals surface area contributed by atoms with Crippen LogP contribution in [0.25, 0.3) is 0 Å². The average Bonchev–Trinajstić information content (AvgIpc) is 2.72. The normalized spacial score (nSPS) is 11.4. The minimum atomic E-state index is -0.988. The molecule has 0 heterocycles. The molecule has 0 saturated heterocycles. The highest BCUT2D eigenvalue weighted by Crippen LogP contribution is 2.19. The predicted molar refractivity (Wildman–Crippen MR) is 119 cm³/mol. The number of para-hydroxylation sites is 1. The van der Waals surface area contributed by atoms with E-state index in [-0.39, 0.29) is 18.9 Å². The molecule has 2 aromatic carbocycles. The van der Waals surface area contributed by atoms with E-state index < -0.39 is 18.0 Å². The SMILES string of the molecule is Cc1cccc(OCCCC(=O)OC(C)C(=O)NCC(=O)Nc2c(C)cccc2C)c1. The molecule has 2 amide bonds. The van der Waals surface area contributed by atoms with Gasteiger partial charge in [-0.05, 0) is 62.9 Å². The number of hydrogen-bond donors (Lipinski definition) is 2. The molecule has 31 heavy (non-hydrogen) atoms. The summed E-state index contributed by atoms with van der Waals surface area (Å²) >= 11 is 0. The maximum atomic E-state index is 12.1. The van der Waals surface area contributed by atoms with Crippen LogP contribution in [0.1, 0.15) is 36.5 Å². The number of anilines is 1. The van der Waals surface area contributed by atoms with Gasteiger partial charge in [-0.2, -0.15) is 0 Å². The van der Waals surface area contributed by atoms with E-state index in [1.807, 2.05) is 63.2 Å². The first kappa shape index (κ1) is 23.9. The average molecular weight is 427 g/mol. The van der Waals surface area contributed by atoms with Crippen molar-refractivity contribution in [1.29, 1.82) is 0 Å². The Morgan fingerprint density at radius 3 is 2.35 bits per heavy atom. The molecule has 166 valence electrons. The van der Waals surface area contributed by atoms with Gasteiger partial charge in [-0.25, -0.2) is 0 Å². The third kappa shape index (κ3) is 8.12. The fourth-order valence-corrected chi connectivity index (χ4v) is 2.93. The van der Waals surface area contributed by atoms with Gasteiger partial charge in [0.05, 0.1) is 13.2 Å². The lowest BCUT2D eigenvalue weighted by atomic mass is 10.1. The van der Waals surface area contributed by atoms with Gasteiger partial charge in [0.2, 0.25) is 5.91 Å². The molecule has 0 fully saturated rings. The highest BCUT2D eigenvalue weighted by molar-refractivity contribution is 5.96. The van der Waals surface area contributed by atoms with Crippen molar-refractivity contribution >= 4 is 23.5 Å². The maximum Gasteiger partial charge on any atom is 0.306 e. The van der Waals surface area contributed by atoms with Crippen molar-refractivity contribution in [3.8, 4) is 5.75 Å². The third-order valence-corrected chi connectivity index (χ3v) is 4.63. The summed E-state index contributed by atoms with van der Waals surface area (Å²) in [5.41, 5.74) is 3.70. The molecule has 2 aromatic rings. The Morgan fingerprint density at radius 2 is 1.68 bits per heavy atom. The monoisotopic (exact) mass is 426 g/mol. The molecule has 0 aliphatic rings. The Bertz CT molecular complexity index is 906. The minimum Gasteiger partial charge on any atom is -0.494 e. The molecule has 7 heteroatoms. The molecule has 0 radical (unpaired) electrons. The standard InChI is InChI=1S/C24H30N2O5/c1-16-8-5-11-20(14-16)30-13-7-12-22(28)31-19(4)24(29)25-15-21(27)26-23-17(2)9-6-10-18(23)3/h5-6,8-11,14,19H,7,12-13,15H2,1-4H3,(H,25,29)(H,26,27). The summed E-state index contributed by atoms with van der Waals surface area (Å²) in [4.78, 5) is 36.2. The number of carbonyl (C=O) groups excluding carboxylic acids is 3. The van der Waals surface area contributed by atoms with Gasteiger partial charge in [0, 0.05) is 12.1 Å². The number of rotatable bonds is 10. The summed E-state index contributed by atoms with van der Waals surface area (Å²) in [7, 11) is 0. The summed E-state index contributed by atoms with van der Waals surface area (Å²) in [5.74, 6) is -0.616. The molecule has 0 bridgehead atoms. The second kappa shape index (κ2) is 11.7. The molecule has 7 nitrogen and oxygen atoms in total. The van der Waals surface area contributed by atoms with Crippen LogP contribution in [-0.4, -0.2) is 37.0 Å². The van der Waals surface area contributed by atoms with Gasteiger partial charge in [0.15, 0.2) is 6.10 Å². The van der Waals surface area contributed by atoms with Crippen LogP contribution in [0.5, 0.6) is 5.75 Å². The van der Waals surface area contributed by atoms with Gasteiger partial charge < -0.3 is 20.1 Å². The van der Waals surface area contributed by atoms with Crippen LogP contribution < -0.4 is 15.4 Å². The van der Waals surface area contributed by atoms with Crippen LogP contribution in [-0.2, 0) is 19.1 Å². The summed E-state index contributed by atoms with van der Waals surface area (Å²) in [6.07, 6.45) is -0.381. The molecule has 1 unspecified atom stereocenters. The van der Waals surface area contributed by atoms with Crippen LogP contribution in [0.3, 0.4) is 0 Å². The number of ether oxygens (including phenoxy) is 2. The van der Waals surface area contributed by atoms with Crippen LogP contribution in [0.4, 0.5) is 5.69 Å². The van der Waals surface area contributed by atoms with E-state index in [0.717, 1.165) is 28.1 Å². The number of esters is 1. The molecule has 0 aliphatic carbocycles. The zero-order valence-electron chi connectivity index (χ0n) is 18.5.